The van der Waals surface area contributed by atoms with E-state index in [2.05, 4.69) is 4.98 Å². The quantitative estimate of drug-likeness (QED) is 0.783. The lowest BCUT2D eigenvalue weighted by molar-refractivity contribution is -0.125. The van der Waals surface area contributed by atoms with Crippen molar-refractivity contribution in [1.82, 2.24) is 9.88 Å². The van der Waals surface area contributed by atoms with E-state index < -0.39 is 0 Å². The zero-order valence-electron chi connectivity index (χ0n) is 14.3. The van der Waals surface area contributed by atoms with E-state index in [1.165, 1.54) is 6.08 Å². The van der Waals surface area contributed by atoms with Gasteiger partial charge in [-0.15, -0.1) is 0 Å². The minimum atomic E-state index is -0.0993. The lowest BCUT2D eigenvalue weighted by Gasteiger charge is -2.21. The minimum absolute atomic E-state index is 0.0993. The molecule has 3 rings (SSSR count). The van der Waals surface area contributed by atoms with E-state index in [0.717, 1.165) is 11.1 Å². The van der Waals surface area contributed by atoms with Crippen LogP contribution in [0.4, 0.5) is 0 Å². The van der Waals surface area contributed by atoms with Gasteiger partial charge in [0.05, 0.1) is 7.11 Å². The Hall–Kier alpha value is -3.02. The number of ether oxygens (including phenoxy) is 3. The lowest BCUT2D eigenvalue weighted by atomic mass is 10.1. The summed E-state index contributed by atoms with van der Waals surface area (Å²) in [6.07, 6.45) is 6.73. The Kier molecular flexibility index (Phi) is 5.18. The van der Waals surface area contributed by atoms with Crippen molar-refractivity contribution in [3.8, 4) is 17.2 Å². The van der Waals surface area contributed by atoms with Crippen LogP contribution >= 0.6 is 0 Å². The van der Waals surface area contributed by atoms with Crippen LogP contribution in [0, 0.1) is 0 Å². The van der Waals surface area contributed by atoms with Crippen molar-refractivity contribution in [2.75, 3.05) is 27.4 Å². The number of pyridine rings is 1. The monoisotopic (exact) mass is 340 g/mol. The summed E-state index contributed by atoms with van der Waals surface area (Å²) < 4.78 is 16.5. The molecule has 0 radical (unpaired) electrons. The Labute approximate surface area is 146 Å². The van der Waals surface area contributed by atoms with Crippen LogP contribution in [0.1, 0.15) is 11.1 Å². The van der Waals surface area contributed by atoms with E-state index in [1.54, 1.807) is 37.5 Å². The van der Waals surface area contributed by atoms with Crippen LogP contribution < -0.4 is 14.2 Å². The van der Waals surface area contributed by atoms with Crippen LogP contribution in [0.25, 0.3) is 6.08 Å². The lowest BCUT2D eigenvalue weighted by Crippen LogP contribution is -2.24. The second kappa shape index (κ2) is 7.70. The average Bonchev–Trinajstić information content (AvgIpc) is 2.66. The first-order valence-corrected chi connectivity index (χ1v) is 7.97. The SMILES string of the molecule is COc1cc(/C=C/C(=O)N(C)Cc2cccnc2)cc2c1OCCO2. The number of benzene rings is 1. The average molecular weight is 340 g/mol. The number of methoxy groups -OCH3 is 1. The number of nitrogens with zero attached hydrogens (tertiary/aromatic N) is 2. The number of fused-ring (bicyclic) bond motifs is 1. The summed E-state index contributed by atoms with van der Waals surface area (Å²) >= 11 is 0. The smallest absolute Gasteiger partial charge is 0.246 e. The van der Waals surface area contributed by atoms with Gasteiger partial charge in [-0.2, -0.15) is 0 Å². The number of hydrogen-bond acceptors (Lipinski definition) is 5. The maximum atomic E-state index is 12.3. The molecular formula is C19H20N2O4. The predicted octanol–water partition coefficient (Wildman–Crippen LogP) is 2.53. The van der Waals surface area contributed by atoms with Crippen LogP contribution in [-0.4, -0.2) is 43.2 Å². The largest absolute Gasteiger partial charge is 0.493 e. The molecule has 0 fully saturated rings. The third-order valence-corrected chi connectivity index (χ3v) is 3.79. The van der Waals surface area contributed by atoms with E-state index in [4.69, 9.17) is 14.2 Å². The summed E-state index contributed by atoms with van der Waals surface area (Å²) in [5.41, 5.74) is 1.79. The molecule has 1 aliphatic heterocycles. The zero-order valence-corrected chi connectivity index (χ0v) is 14.3. The summed E-state index contributed by atoms with van der Waals surface area (Å²) in [5, 5.41) is 0. The first-order valence-electron chi connectivity index (χ1n) is 7.97. The fourth-order valence-electron chi connectivity index (χ4n) is 2.53. The van der Waals surface area contributed by atoms with Crippen molar-refractivity contribution in [2.24, 2.45) is 0 Å². The molecule has 0 aliphatic carbocycles. The van der Waals surface area contributed by atoms with E-state index in [-0.39, 0.29) is 5.91 Å². The number of hydrogen-bond donors (Lipinski definition) is 0. The summed E-state index contributed by atoms with van der Waals surface area (Å²) in [6, 6.07) is 7.44. The van der Waals surface area contributed by atoms with Gasteiger partial charge in [-0.05, 0) is 35.4 Å². The molecule has 0 saturated carbocycles. The van der Waals surface area contributed by atoms with Crippen molar-refractivity contribution in [3.05, 3.63) is 53.9 Å². The molecule has 0 spiro atoms. The number of likely N-dealkylation sites (N-methyl/N-ethyl adjacent to an activating group) is 1. The van der Waals surface area contributed by atoms with Gasteiger partial charge in [-0.3, -0.25) is 9.78 Å². The fraction of sp³-hybridized carbons (Fsp3) is 0.263. The summed E-state index contributed by atoms with van der Waals surface area (Å²) in [6.45, 7) is 1.49. The van der Waals surface area contributed by atoms with E-state index >= 15 is 0 Å². The maximum absolute atomic E-state index is 12.3. The Morgan fingerprint density at radius 1 is 1.36 bits per heavy atom. The van der Waals surface area contributed by atoms with Gasteiger partial charge in [0.15, 0.2) is 11.5 Å². The van der Waals surface area contributed by atoms with Crippen molar-refractivity contribution in [2.45, 2.75) is 6.54 Å². The number of amides is 1. The molecule has 130 valence electrons. The molecule has 1 aliphatic rings. The Morgan fingerprint density at radius 2 is 2.20 bits per heavy atom. The van der Waals surface area contributed by atoms with Crippen molar-refractivity contribution >= 4 is 12.0 Å². The zero-order chi connectivity index (χ0) is 17.6. The summed E-state index contributed by atoms with van der Waals surface area (Å²) in [7, 11) is 3.33. The molecular weight excluding hydrogens is 320 g/mol. The minimum Gasteiger partial charge on any atom is -0.493 e. The van der Waals surface area contributed by atoms with Crippen LogP contribution in [-0.2, 0) is 11.3 Å². The first-order chi connectivity index (χ1) is 12.2. The van der Waals surface area contributed by atoms with Crippen LogP contribution in [0.2, 0.25) is 0 Å². The Morgan fingerprint density at radius 3 is 2.96 bits per heavy atom. The van der Waals surface area contributed by atoms with Gasteiger partial charge in [0, 0.05) is 32.1 Å². The van der Waals surface area contributed by atoms with Gasteiger partial charge >= 0.3 is 0 Å². The molecule has 6 heteroatoms. The second-order valence-electron chi connectivity index (χ2n) is 5.64. The molecule has 1 aromatic carbocycles. The normalized spacial score (nSPS) is 12.9. The number of rotatable bonds is 5. The molecule has 0 N–H and O–H groups in total. The number of aromatic nitrogens is 1. The van der Waals surface area contributed by atoms with Crippen LogP contribution in [0.15, 0.2) is 42.7 Å². The number of carbonyl (C=O) groups is 1. The van der Waals surface area contributed by atoms with Crippen molar-refractivity contribution in [3.63, 3.8) is 0 Å². The molecule has 2 heterocycles. The van der Waals surface area contributed by atoms with Gasteiger partial charge < -0.3 is 19.1 Å². The van der Waals surface area contributed by atoms with E-state index in [9.17, 15) is 4.79 Å². The van der Waals surface area contributed by atoms with Gasteiger partial charge in [-0.1, -0.05) is 6.07 Å². The number of carbonyl (C=O) groups excluding carboxylic acids is 1. The molecule has 25 heavy (non-hydrogen) atoms. The highest BCUT2D eigenvalue weighted by atomic mass is 16.6. The summed E-state index contributed by atoms with van der Waals surface area (Å²) in [5.74, 6) is 1.72. The fourth-order valence-corrected chi connectivity index (χ4v) is 2.53. The Balaban J connectivity index is 1.71. The highest BCUT2D eigenvalue weighted by Gasteiger charge is 2.18. The van der Waals surface area contributed by atoms with Crippen LogP contribution in [0.5, 0.6) is 17.2 Å². The van der Waals surface area contributed by atoms with Gasteiger partial charge in [0.1, 0.15) is 13.2 Å². The standard InChI is InChI=1S/C19H20N2O4/c1-21(13-15-4-3-7-20-12-15)18(22)6-5-14-10-16(23-2)19-17(11-14)24-8-9-25-19/h3-7,10-12H,8-9,13H2,1-2H3/b6-5+. The Bertz CT molecular complexity index is 757. The first kappa shape index (κ1) is 16.8. The van der Waals surface area contributed by atoms with Crippen molar-refractivity contribution in [1.29, 1.82) is 0 Å². The molecule has 0 unspecified atom stereocenters. The predicted molar refractivity (Wildman–Crippen MR) is 93.7 cm³/mol. The summed E-state index contributed by atoms with van der Waals surface area (Å²) in [4.78, 5) is 18.0. The molecule has 1 amide bonds. The van der Waals surface area contributed by atoms with E-state index in [0.29, 0.717) is 37.0 Å². The van der Waals surface area contributed by atoms with Crippen LogP contribution in [0.3, 0.4) is 0 Å². The maximum Gasteiger partial charge on any atom is 0.246 e. The molecule has 1 aromatic heterocycles. The highest BCUT2D eigenvalue weighted by molar-refractivity contribution is 5.91. The third-order valence-electron chi connectivity index (χ3n) is 3.79. The van der Waals surface area contributed by atoms with Crippen molar-refractivity contribution < 1.29 is 19.0 Å². The highest BCUT2D eigenvalue weighted by Crippen LogP contribution is 2.40. The molecule has 0 saturated heterocycles. The molecule has 6 nitrogen and oxygen atoms in total. The van der Waals surface area contributed by atoms with Gasteiger partial charge in [-0.25, -0.2) is 0 Å². The van der Waals surface area contributed by atoms with Gasteiger partial charge in [0.2, 0.25) is 11.7 Å². The topological polar surface area (TPSA) is 60.9 Å². The molecule has 0 atom stereocenters. The van der Waals surface area contributed by atoms with Gasteiger partial charge in [0.25, 0.3) is 0 Å². The molecule has 2 aromatic rings. The van der Waals surface area contributed by atoms with E-state index in [1.807, 2.05) is 24.3 Å². The third kappa shape index (κ3) is 4.09. The second-order valence-corrected chi connectivity index (χ2v) is 5.64. The molecule has 0 bridgehead atoms.